The zero-order valence-corrected chi connectivity index (χ0v) is 13.1. The Labute approximate surface area is 122 Å². The molecule has 0 atom stereocenters. The Hall–Kier alpha value is -0.610. The highest BCUT2D eigenvalue weighted by Gasteiger charge is 2.38. The summed E-state index contributed by atoms with van der Waals surface area (Å²) in [6, 6.07) is 1.77. The first-order valence-electron chi connectivity index (χ1n) is 6.79. The largest absolute Gasteiger partial charge is 0.496 e. The Bertz CT molecular complexity index is 470. The second-order valence-corrected chi connectivity index (χ2v) is 6.30. The van der Waals surface area contributed by atoms with Crippen LogP contribution in [0, 0.1) is 12.7 Å². The number of nitrogens with two attached hydrogens (primary N) is 1. The highest BCUT2D eigenvalue weighted by Crippen LogP contribution is 2.46. The highest BCUT2D eigenvalue weighted by atomic mass is 79.9. The van der Waals surface area contributed by atoms with Gasteiger partial charge < -0.3 is 10.5 Å². The number of benzene rings is 1. The first kappa shape index (κ1) is 14.8. The van der Waals surface area contributed by atoms with Gasteiger partial charge in [0.15, 0.2) is 0 Å². The van der Waals surface area contributed by atoms with Gasteiger partial charge in [0.1, 0.15) is 11.6 Å². The molecule has 1 aliphatic rings. The van der Waals surface area contributed by atoms with Gasteiger partial charge in [-0.3, -0.25) is 0 Å². The van der Waals surface area contributed by atoms with Crippen LogP contribution in [-0.2, 0) is 5.41 Å². The zero-order valence-electron chi connectivity index (χ0n) is 11.6. The van der Waals surface area contributed by atoms with Crippen LogP contribution in [0.5, 0.6) is 5.75 Å². The Morgan fingerprint density at radius 2 is 2.00 bits per heavy atom. The van der Waals surface area contributed by atoms with Gasteiger partial charge in [-0.1, -0.05) is 19.3 Å². The molecule has 2 N–H and O–H groups in total. The van der Waals surface area contributed by atoms with E-state index in [2.05, 4.69) is 15.9 Å². The Kier molecular flexibility index (Phi) is 4.51. The molecule has 1 saturated carbocycles. The maximum atomic E-state index is 14.7. The fourth-order valence-electron chi connectivity index (χ4n) is 3.26. The molecule has 1 aromatic rings. The Morgan fingerprint density at radius 3 is 2.53 bits per heavy atom. The van der Waals surface area contributed by atoms with E-state index in [1.807, 2.05) is 6.92 Å². The quantitative estimate of drug-likeness (QED) is 0.907. The van der Waals surface area contributed by atoms with E-state index in [4.69, 9.17) is 10.5 Å². The number of hydrogen-bond donors (Lipinski definition) is 1. The van der Waals surface area contributed by atoms with Crippen LogP contribution in [0.15, 0.2) is 10.5 Å². The first-order valence-corrected chi connectivity index (χ1v) is 7.58. The summed E-state index contributed by atoms with van der Waals surface area (Å²) in [6.07, 6.45) is 5.29. The van der Waals surface area contributed by atoms with E-state index in [9.17, 15) is 4.39 Å². The molecule has 19 heavy (non-hydrogen) atoms. The number of hydrogen-bond acceptors (Lipinski definition) is 2. The normalized spacial score (nSPS) is 18.4. The molecule has 2 nitrogen and oxygen atoms in total. The lowest BCUT2D eigenvalue weighted by atomic mass is 9.68. The summed E-state index contributed by atoms with van der Waals surface area (Å²) in [5, 5.41) is 0. The first-order chi connectivity index (χ1) is 9.05. The van der Waals surface area contributed by atoms with Gasteiger partial charge in [-0.05, 0) is 47.3 Å². The molecule has 2 rings (SSSR count). The summed E-state index contributed by atoms with van der Waals surface area (Å²) in [5.41, 5.74) is 7.37. The van der Waals surface area contributed by atoms with Crippen molar-refractivity contribution in [3.63, 3.8) is 0 Å². The van der Waals surface area contributed by atoms with Crippen molar-refractivity contribution < 1.29 is 9.13 Å². The molecule has 1 fully saturated rings. The molecule has 0 aromatic heterocycles. The number of halogens is 2. The van der Waals surface area contributed by atoms with Gasteiger partial charge in [0.2, 0.25) is 0 Å². The molecule has 0 aliphatic heterocycles. The second kappa shape index (κ2) is 5.80. The lowest BCUT2D eigenvalue weighted by molar-refractivity contribution is 0.277. The summed E-state index contributed by atoms with van der Waals surface area (Å²) in [6.45, 7) is 2.41. The summed E-state index contributed by atoms with van der Waals surface area (Å²) in [4.78, 5) is 0. The molecular weight excluding hydrogens is 309 g/mol. The lowest BCUT2D eigenvalue weighted by Crippen LogP contribution is -2.38. The van der Waals surface area contributed by atoms with Crippen molar-refractivity contribution in [1.82, 2.24) is 0 Å². The zero-order chi connectivity index (χ0) is 14.0. The average molecular weight is 330 g/mol. The van der Waals surface area contributed by atoms with Crippen LogP contribution in [0.1, 0.15) is 43.2 Å². The summed E-state index contributed by atoms with van der Waals surface area (Å²) < 4.78 is 20.6. The Balaban J connectivity index is 2.64. The van der Waals surface area contributed by atoms with Crippen LogP contribution in [0.3, 0.4) is 0 Å². The average Bonchev–Trinajstić information content (AvgIpc) is 2.43. The van der Waals surface area contributed by atoms with Gasteiger partial charge in [0.25, 0.3) is 0 Å². The van der Waals surface area contributed by atoms with Gasteiger partial charge >= 0.3 is 0 Å². The Morgan fingerprint density at radius 1 is 1.37 bits per heavy atom. The van der Waals surface area contributed by atoms with Gasteiger partial charge in [-0.15, -0.1) is 0 Å². The standard InChI is InChI=1S/C15H21BrFNO/c1-10-8-11(16)13(17)12(14(10)19-2)15(9-18)6-4-3-5-7-15/h8H,3-7,9,18H2,1-2H3. The van der Waals surface area contributed by atoms with Crippen LogP contribution in [0.4, 0.5) is 4.39 Å². The predicted octanol–water partition coefficient (Wildman–Crippen LogP) is 4.07. The number of ether oxygens (including phenoxy) is 1. The summed E-state index contributed by atoms with van der Waals surface area (Å²) in [5.74, 6) is 0.447. The van der Waals surface area contributed by atoms with Crippen molar-refractivity contribution in [2.45, 2.75) is 44.4 Å². The molecule has 0 unspecified atom stereocenters. The molecule has 0 amide bonds. The monoisotopic (exact) mass is 329 g/mol. The van der Waals surface area contributed by atoms with Crippen molar-refractivity contribution in [1.29, 1.82) is 0 Å². The molecule has 1 aromatic carbocycles. The van der Waals surface area contributed by atoms with Gasteiger partial charge in [-0.25, -0.2) is 4.39 Å². The maximum Gasteiger partial charge on any atom is 0.144 e. The fraction of sp³-hybridized carbons (Fsp3) is 0.600. The lowest BCUT2D eigenvalue weighted by Gasteiger charge is -2.38. The SMILES string of the molecule is COc1c(C)cc(Br)c(F)c1C1(CN)CCCCC1. The van der Waals surface area contributed by atoms with Crippen molar-refractivity contribution >= 4 is 15.9 Å². The van der Waals surface area contributed by atoms with Crippen LogP contribution < -0.4 is 10.5 Å². The second-order valence-electron chi connectivity index (χ2n) is 5.44. The molecule has 0 spiro atoms. The number of methoxy groups -OCH3 is 1. The van der Waals surface area contributed by atoms with E-state index in [1.165, 1.54) is 6.42 Å². The van der Waals surface area contributed by atoms with Crippen LogP contribution in [0.25, 0.3) is 0 Å². The van der Waals surface area contributed by atoms with Crippen molar-refractivity contribution in [2.24, 2.45) is 5.73 Å². The maximum absolute atomic E-state index is 14.7. The van der Waals surface area contributed by atoms with Crippen molar-refractivity contribution in [3.8, 4) is 5.75 Å². The van der Waals surface area contributed by atoms with E-state index in [0.29, 0.717) is 22.3 Å². The van der Waals surface area contributed by atoms with Gasteiger partial charge in [-0.2, -0.15) is 0 Å². The van der Waals surface area contributed by atoms with Gasteiger partial charge in [0.05, 0.1) is 11.6 Å². The van der Waals surface area contributed by atoms with Crippen LogP contribution >= 0.6 is 15.9 Å². The summed E-state index contributed by atoms with van der Waals surface area (Å²) in [7, 11) is 1.60. The third-order valence-electron chi connectivity index (χ3n) is 4.29. The third-order valence-corrected chi connectivity index (χ3v) is 4.87. The molecule has 1 aliphatic carbocycles. The number of rotatable bonds is 3. The molecule has 0 bridgehead atoms. The predicted molar refractivity (Wildman–Crippen MR) is 79.2 cm³/mol. The van der Waals surface area contributed by atoms with E-state index in [0.717, 1.165) is 31.2 Å². The molecule has 0 heterocycles. The summed E-state index contributed by atoms with van der Waals surface area (Å²) >= 11 is 3.31. The van der Waals surface area contributed by atoms with Crippen molar-refractivity contribution in [3.05, 3.63) is 27.5 Å². The van der Waals surface area contributed by atoms with Crippen LogP contribution in [-0.4, -0.2) is 13.7 Å². The minimum Gasteiger partial charge on any atom is -0.496 e. The smallest absolute Gasteiger partial charge is 0.144 e. The third kappa shape index (κ3) is 2.52. The van der Waals surface area contributed by atoms with E-state index in [1.54, 1.807) is 13.2 Å². The van der Waals surface area contributed by atoms with E-state index < -0.39 is 0 Å². The van der Waals surface area contributed by atoms with Crippen molar-refractivity contribution in [2.75, 3.05) is 13.7 Å². The molecule has 4 heteroatoms. The topological polar surface area (TPSA) is 35.2 Å². The van der Waals surface area contributed by atoms with E-state index >= 15 is 0 Å². The van der Waals surface area contributed by atoms with Crippen LogP contribution in [0.2, 0.25) is 0 Å². The number of aryl methyl sites for hydroxylation is 1. The highest BCUT2D eigenvalue weighted by molar-refractivity contribution is 9.10. The minimum atomic E-state index is -0.276. The fourth-order valence-corrected chi connectivity index (χ4v) is 3.80. The molecule has 0 radical (unpaired) electrons. The molecular formula is C15H21BrFNO. The minimum absolute atomic E-state index is 0.213. The molecule has 0 saturated heterocycles. The molecule has 106 valence electrons. The van der Waals surface area contributed by atoms with Gasteiger partial charge in [0, 0.05) is 17.5 Å². The van der Waals surface area contributed by atoms with E-state index in [-0.39, 0.29) is 11.2 Å².